The topological polar surface area (TPSA) is 23.6 Å². The number of halogens is 6. The fourth-order valence-corrected chi connectivity index (χ4v) is 4.12. The second-order valence-electron chi connectivity index (χ2n) is 7.19. The number of carbonyl (C=O) groups excluding carboxylic acids is 1. The van der Waals surface area contributed by atoms with E-state index in [0.29, 0.717) is 32.1 Å². The van der Waals surface area contributed by atoms with Crippen LogP contribution >= 0.6 is 11.3 Å². The SMILES string of the molecule is O=C(Cc1ccc(C(F)(F)F)cc1C(F)(F)F)N1CCCN(Cc2ccsc2)CC1. The van der Waals surface area contributed by atoms with Gasteiger partial charge < -0.3 is 4.90 Å². The highest BCUT2D eigenvalue weighted by molar-refractivity contribution is 7.07. The van der Waals surface area contributed by atoms with Crippen LogP contribution < -0.4 is 0 Å². The van der Waals surface area contributed by atoms with E-state index in [1.165, 1.54) is 10.5 Å². The van der Waals surface area contributed by atoms with Gasteiger partial charge in [-0.2, -0.15) is 37.7 Å². The molecule has 30 heavy (non-hydrogen) atoms. The second-order valence-corrected chi connectivity index (χ2v) is 7.97. The molecule has 10 heteroatoms. The largest absolute Gasteiger partial charge is 0.416 e. The molecule has 1 aromatic carbocycles. The van der Waals surface area contributed by atoms with Crippen molar-refractivity contribution >= 4 is 17.2 Å². The van der Waals surface area contributed by atoms with Crippen LogP contribution in [0.15, 0.2) is 35.0 Å². The molecule has 1 saturated heterocycles. The molecule has 3 nitrogen and oxygen atoms in total. The quantitative estimate of drug-likeness (QED) is 0.608. The van der Waals surface area contributed by atoms with Gasteiger partial charge in [0.25, 0.3) is 0 Å². The number of amides is 1. The first-order valence-corrected chi connectivity index (χ1v) is 10.3. The number of alkyl halides is 6. The number of carbonyl (C=O) groups is 1. The van der Waals surface area contributed by atoms with E-state index in [4.69, 9.17) is 0 Å². The average molecular weight is 450 g/mol. The average Bonchev–Trinajstić information content (AvgIpc) is 3.04. The zero-order valence-corrected chi connectivity index (χ0v) is 16.7. The van der Waals surface area contributed by atoms with Crippen molar-refractivity contribution in [2.45, 2.75) is 31.7 Å². The molecular formula is C20H20F6N2OS. The monoisotopic (exact) mass is 450 g/mol. The Kier molecular flexibility index (Phi) is 6.76. The Hall–Kier alpha value is -2.07. The molecule has 164 valence electrons. The summed E-state index contributed by atoms with van der Waals surface area (Å²) in [6.07, 6.45) is -9.78. The van der Waals surface area contributed by atoms with Gasteiger partial charge in [0, 0.05) is 32.7 Å². The van der Waals surface area contributed by atoms with Crippen molar-refractivity contribution in [3.63, 3.8) is 0 Å². The fourth-order valence-electron chi connectivity index (χ4n) is 3.46. The number of rotatable bonds is 4. The van der Waals surface area contributed by atoms with Crippen molar-refractivity contribution in [1.82, 2.24) is 9.80 Å². The molecule has 1 aromatic heterocycles. The highest BCUT2D eigenvalue weighted by Crippen LogP contribution is 2.37. The summed E-state index contributed by atoms with van der Waals surface area (Å²) >= 11 is 1.59. The molecule has 0 aliphatic carbocycles. The van der Waals surface area contributed by atoms with Crippen molar-refractivity contribution in [3.8, 4) is 0 Å². The third-order valence-electron chi connectivity index (χ3n) is 5.01. The smallest absolute Gasteiger partial charge is 0.341 e. The maximum absolute atomic E-state index is 13.3. The molecule has 0 saturated carbocycles. The van der Waals surface area contributed by atoms with Crippen molar-refractivity contribution in [2.24, 2.45) is 0 Å². The van der Waals surface area contributed by atoms with Crippen molar-refractivity contribution in [1.29, 1.82) is 0 Å². The van der Waals surface area contributed by atoms with E-state index in [-0.39, 0.29) is 6.07 Å². The van der Waals surface area contributed by atoms with E-state index in [2.05, 4.69) is 4.90 Å². The molecule has 0 atom stereocenters. The normalized spacial score (nSPS) is 16.5. The zero-order chi connectivity index (χ0) is 21.9. The van der Waals surface area contributed by atoms with Gasteiger partial charge in [-0.15, -0.1) is 0 Å². The molecule has 0 unspecified atom stereocenters. The molecule has 2 heterocycles. The Balaban J connectivity index is 1.69. The summed E-state index contributed by atoms with van der Waals surface area (Å²) in [5.41, 5.74) is -2.08. The Labute approximate surface area is 173 Å². The van der Waals surface area contributed by atoms with Gasteiger partial charge in [0.15, 0.2) is 0 Å². The lowest BCUT2D eigenvalue weighted by molar-refractivity contribution is -0.143. The van der Waals surface area contributed by atoms with E-state index < -0.39 is 41.4 Å². The van der Waals surface area contributed by atoms with E-state index in [9.17, 15) is 31.1 Å². The molecule has 1 amide bonds. The molecule has 0 spiro atoms. The van der Waals surface area contributed by atoms with Crippen LogP contribution in [0, 0.1) is 0 Å². The molecule has 0 bridgehead atoms. The molecule has 2 aromatic rings. The minimum atomic E-state index is -4.98. The van der Waals surface area contributed by atoms with Gasteiger partial charge in [0.2, 0.25) is 5.91 Å². The van der Waals surface area contributed by atoms with Gasteiger partial charge in [0.05, 0.1) is 17.5 Å². The molecule has 0 N–H and O–H groups in total. The number of hydrogen-bond donors (Lipinski definition) is 0. The van der Waals surface area contributed by atoms with Gasteiger partial charge in [0.1, 0.15) is 0 Å². The van der Waals surface area contributed by atoms with Crippen molar-refractivity contribution < 1.29 is 31.1 Å². The number of hydrogen-bond acceptors (Lipinski definition) is 3. The summed E-state index contributed by atoms with van der Waals surface area (Å²) in [7, 11) is 0. The highest BCUT2D eigenvalue weighted by Gasteiger charge is 2.38. The maximum atomic E-state index is 13.3. The minimum Gasteiger partial charge on any atom is -0.341 e. The maximum Gasteiger partial charge on any atom is 0.416 e. The summed E-state index contributed by atoms with van der Waals surface area (Å²) in [5, 5.41) is 4.02. The lowest BCUT2D eigenvalue weighted by atomic mass is 10.00. The molecular weight excluding hydrogens is 430 g/mol. The Morgan fingerprint density at radius 2 is 1.73 bits per heavy atom. The lowest BCUT2D eigenvalue weighted by Crippen LogP contribution is -2.36. The predicted molar refractivity (Wildman–Crippen MR) is 101 cm³/mol. The van der Waals surface area contributed by atoms with Gasteiger partial charge in [-0.05, 0) is 46.5 Å². The second kappa shape index (κ2) is 8.97. The summed E-state index contributed by atoms with van der Waals surface area (Å²) in [6.45, 7) is 2.85. The van der Waals surface area contributed by atoms with Crippen LogP contribution in [0.4, 0.5) is 26.3 Å². The third-order valence-corrected chi connectivity index (χ3v) is 5.74. The minimum absolute atomic E-state index is 0.0770. The molecule has 1 aliphatic heterocycles. The van der Waals surface area contributed by atoms with E-state index in [1.807, 2.05) is 16.8 Å². The standard InChI is InChI=1S/C20H20F6N2OS/c21-19(22,23)16-3-2-15(17(11-16)20(24,25)26)10-18(29)28-6-1-5-27(7-8-28)12-14-4-9-30-13-14/h2-4,9,11,13H,1,5-8,10,12H2. The Morgan fingerprint density at radius 3 is 2.37 bits per heavy atom. The van der Waals surface area contributed by atoms with Gasteiger partial charge in [-0.1, -0.05) is 6.07 Å². The first-order valence-electron chi connectivity index (χ1n) is 9.32. The third kappa shape index (κ3) is 5.75. The van der Waals surface area contributed by atoms with Crippen LogP contribution in [0.5, 0.6) is 0 Å². The van der Waals surface area contributed by atoms with Crippen LogP contribution in [0.3, 0.4) is 0 Å². The van der Waals surface area contributed by atoms with Crippen LogP contribution in [0.2, 0.25) is 0 Å². The summed E-state index contributed by atoms with van der Waals surface area (Å²) < 4.78 is 78.4. The van der Waals surface area contributed by atoms with Crippen LogP contribution in [0.1, 0.15) is 28.7 Å². The fraction of sp³-hybridized carbons (Fsp3) is 0.450. The van der Waals surface area contributed by atoms with Gasteiger partial charge >= 0.3 is 12.4 Å². The van der Waals surface area contributed by atoms with Gasteiger partial charge in [-0.25, -0.2) is 0 Å². The molecule has 0 radical (unpaired) electrons. The van der Waals surface area contributed by atoms with Crippen LogP contribution in [-0.4, -0.2) is 41.9 Å². The van der Waals surface area contributed by atoms with Gasteiger partial charge in [-0.3, -0.25) is 9.69 Å². The molecule has 1 aliphatic rings. The van der Waals surface area contributed by atoms with E-state index in [0.717, 1.165) is 19.2 Å². The first-order chi connectivity index (χ1) is 14.0. The summed E-state index contributed by atoms with van der Waals surface area (Å²) in [6, 6.07) is 3.43. The molecule has 3 rings (SSSR count). The molecule has 1 fully saturated rings. The number of thiophene rings is 1. The van der Waals surface area contributed by atoms with Crippen molar-refractivity contribution in [2.75, 3.05) is 26.2 Å². The first kappa shape index (κ1) is 22.6. The van der Waals surface area contributed by atoms with Crippen LogP contribution in [-0.2, 0) is 30.1 Å². The lowest BCUT2D eigenvalue weighted by Gasteiger charge is -2.23. The Bertz CT molecular complexity index is 863. The predicted octanol–water partition coefficient (Wildman–Crippen LogP) is 5.06. The summed E-state index contributed by atoms with van der Waals surface area (Å²) in [5.74, 6) is -0.516. The summed E-state index contributed by atoms with van der Waals surface area (Å²) in [4.78, 5) is 16.3. The zero-order valence-electron chi connectivity index (χ0n) is 15.9. The van der Waals surface area contributed by atoms with E-state index in [1.54, 1.807) is 11.3 Å². The Morgan fingerprint density at radius 1 is 0.967 bits per heavy atom. The van der Waals surface area contributed by atoms with Crippen molar-refractivity contribution in [3.05, 3.63) is 57.3 Å². The van der Waals surface area contributed by atoms with E-state index >= 15 is 0 Å². The highest BCUT2D eigenvalue weighted by atomic mass is 32.1. The van der Waals surface area contributed by atoms with Crippen LogP contribution in [0.25, 0.3) is 0 Å². The number of nitrogens with zero attached hydrogens (tertiary/aromatic N) is 2. The number of benzene rings is 1.